The molecule has 0 saturated heterocycles. The van der Waals surface area contributed by atoms with Crippen LogP contribution in [0.4, 0.5) is 0 Å². The number of sulfonamides is 3. The molecule has 2 saturated carbocycles. The van der Waals surface area contributed by atoms with Gasteiger partial charge in [-0.3, -0.25) is 38.1 Å². The Balaban J connectivity index is 0.000000181. The average Bonchev–Trinajstić information content (AvgIpc) is 1.61. The largest absolute Gasteiger partial charge is 0.494 e. The van der Waals surface area contributed by atoms with Gasteiger partial charge in [0, 0.05) is 129 Å². The zero-order valence-corrected chi connectivity index (χ0v) is 86.7. The molecule has 6 heterocycles. The lowest BCUT2D eigenvalue weighted by molar-refractivity contribution is -0.126. The van der Waals surface area contributed by atoms with Gasteiger partial charge in [-0.1, -0.05) is 158 Å². The second-order valence-corrected chi connectivity index (χ2v) is 43.2. The molecule has 7 aromatic carbocycles. The van der Waals surface area contributed by atoms with Crippen molar-refractivity contribution >= 4 is 145 Å². The standard InChI is InChI=1S/C40H43ClN6O6S.C35H44ClN5O6S.C29H35Cl2N3O5S/c1-25-21-29(22-26(2)36(25)41)53-19-10-15-31-30-13-8-14-32(35-27(3)46(4)44-33(35)24-48)37(30)43-38(31)40(50)45-54(51,52)20-17-42-39(49)34-16-9-18-47(34)23-28-11-6-5-7-12-28;1-21-18-25(19-22(2)31(21)36)47-16-9-14-27-26-12-8-13-28(30-23(3)41(4)39-29(30)20-42)32(26)38-33(27)35(44)40-48(45,46)17-15-37-34(43)24-10-6-5-7-11-24;1-18-16-21(17-19(2)26(18)31)39-14-7-10-22-25-23(30)11-6-12-24(25)33-27(22)29(36)34-40(37,38)15-13-32-28(35)20-8-4-3-5-9-20/h5-9,11-14,16,18,21-22,43,48H,10,15,17,19-20,23-24H2,1-4H3,(H,42,49)(H,45,50);8,12-13,18-19,24,38,42H,5-7,9-11,14-17,20H2,1-4H3,(H,37,43)(H,40,44);6,11-12,16-17,20,33H,3-5,7-10,13-15H2,1-2H3,(H,32,35)(H,34,36). The molecular formula is C104H122Cl4N14O17S3. The molecule has 6 amide bonds. The molecule has 0 radical (unpaired) electrons. The molecule has 31 nitrogen and oxygen atoms in total. The number of hydrogen-bond acceptors (Lipinski definition) is 19. The van der Waals surface area contributed by atoms with Crippen LogP contribution < -0.4 is 44.3 Å². The first-order valence-electron chi connectivity index (χ1n) is 47.5. The summed E-state index contributed by atoms with van der Waals surface area (Å²) in [6.07, 6.45) is 14.1. The normalized spacial score (nSPS) is 13.2. The Morgan fingerprint density at radius 3 is 1.20 bits per heavy atom. The fraction of sp³-hybridized carbons (Fsp3) is 0.385. The zero-order chi connectivity index (χ0) is 102. The molecule has 15 rings (SSSR count). The van der Waals surface area contributed by atoms with E-state index in [1.165, 1.54) is 0 Å². The van der Waals surface area contributed by atoms with Gasteiger partial charge in [0.15, 0.2) is 0 Å². The Morgan fingerprint density at radius 2 is 0.810 bits per heavy atom. The number of benzene rings is 7. The van der Waals surface area contributed by atoms with Crippen molar-refractivity contribution in [1.82, 2.24) is 69.2 Å². The third kappa shape index (κ3) is 26.9. The van der Waals surface area contributed by atoms with Crippen LogP contribution in [0.15, 0.2) is 140 Å². The number of hydrogen-bond donors (Lipinski definition) is 11. The summed E-state index contributed by atoms with van der Waals surface area (Å²) in [4.78, 5) is 88.1. The summed E-state index contributed by atoms with van der Waals surface area (Å²) in [5.41, 5.74) is 16.5. The predicted molar refractivity (Wildman–Crippen MR) is 555 cm³/mol. The maximum atomic E-state index is 13.8. The maximum absolute atomic E-state index is 13.8. The van der Waals surface area contributed by atoms with Crippen molar-refractivity contribution in [1.29, 1.82) is 0 Å². The summed E-state index contributed by atoms with van der Waals surface area (Å²) in [7, 11) is -8.67. The Morgan fingerprint density at radius 1 is 0.437 bits per heavy atom. The van der Waals surface area contributed by atoms with Gasteiger partial charge in [0.05, 0.1) is 77.7 Å². The van der Waals surface area contributed by atoms with E-state index in [-0.39, 0.29) is 73.6 Å². The van der Waals surface area contributed by atoms with Crippen molar-refractivity contribution in [3.05, 3.63) is 261 Å². The summed E-state index contributed by atoms with van der Waals surface area (Å²) in [5, 5.41) is 41.9. The van der Waals surface area contributed by atoms with Crippen LogP contribution in [0.2, 0.25) is 20.1 Å². The number of aromatic amines is 3. The number of aliphatic hydroxyl groups is 2. The van der Waals surface area contributed by atoms with Gasteiger partial charge in [-0.05, 0) is 236 Å². The molecule has 2 fully saturated rings. The second-order valence-electron chi connectivity index (χ2n) is 36.2. The van der Waals surface area contributed by atoms with E-state index in [0.29, 0.717) is 164 Å². The number of aryl methyl sites for hydroxylation is 11. The second kappa shape index (κ2) is 48.4. The van der Waals surface area contributed by atoms with Gasteiger partial charge in [-0.2, -0.15) is 10.2 Å². The van der Waals surface area contributed by atoms with E-state index in [0.717, 1.165) is 142 Å². The van der Waals surface area contributed by atoms with Crippen LogP contribution in [0.3, 0.4) is 0 Å². The Labute approximate surface area is 847 Å². The molecule has 38 heteroatoms. The van der Waals surface area contributed by atoms with Crippen LogP contribution in [0.1, 0.15) is 204 Å². The highest BCUT2D eigenvalue weighted by Crippen LogP contribution is 2.41. The highest BCUT2D eigenvalue weighted by Gasteiger charge is 2.32. The number of aliphatic hydroxyl groups excluding tert-OH is 2. The Bertz CT molecular complexity index is 7110. The van der Waals surface area contributed by atoms with Gasteiger partial charge in [-0.15, -0.1) is 0 Å². The molecule has 0 spiro atoms. The van der Waals surface area contributed by atoms with Gasteiger partial charge in [0.1, 0.15) is 40.0 Å². The van der Waals surface area contributed by atoms with E-state index in [4.69, 9.17) is 60.6 Å². The molecule has 13 aromatic rings. The molecule has 0 bridgehead atoms. The van der Waals surface area contributed by atoms with E-state index in [1.54, 1.807) is 64.6 Å². The van der Waals surface area contributed by atoms with Crippen molar-refractivity contribution < 1.29 is 78.4 Å². The summed E-state index contributed by atoms with van der Waals surface area (Å²) >= 11 is 25.4. The number of halogens is 4. The van der Waals surface area contributed by atoms with E-state index < -0.39 is 71.0 Å². The number of nitrogens with one attached hydrogen (secondary N) is 9. The Kier molecular flexibility index (Phi) is 36.6. The topological polar surface area (TPSA) is 433 Å². The molecule has 6 aromatic heterocycles. The predicted octanol–water partition coefficient (Wildman–Crippen LogP) is 17.3. The lowest BCUT2D eigenvalue weighted by Gasteiger charge is -2.20. The SMILES string of the molecule is Cc1cc(OCCCc2c(C(=O)NS(=O)(=O)CCNC(=O)C3CCCCC3)[nH]c3c(-c4c(CO)nn(C)c4C)cccc23)cc(C)c1Cl.Cc1cc(OCCCc2c(C(=O)NS(=O)(=O)CCNC(=O)C3CCCCC3)[nH]c3cccc(Cl)c23)cc(C)c1Cl.Cc1cc(OCCCc2c(C(=O)NS(=O)(=O)CCNC(=O)c3cccn3Cc3ccccc3)[nH]c3c(-c4c(CO)nn(C)c4C)cccc23)cc(C)c1Cl. The first kappa shape index (κ1) is 107. The highest BCUT2D eigenvalue weighted by molar-refractivity contribution is 7.90. The highest BCUT2D eigenvalue weighted by atomic mass is 35.5. The number of carbonyl (C=O) groups excluding carboxylic acids is 6. The lowest BCUT2D eigenvalue weighted by atomic mass is 9.89. The molecule has 11 N–H and O–H groups in total. The van der Waals surface area contributed by atoms with Gasteiger partial charge in [0.25, 0.3) is 23.6 Å². The number of para-hydroxylation sites is 2. The minimum atomic E-state index is -4.18. The number of rotatable bonds is 39. The fourth-order valence-electron chi connectivity index (χ4n) is 18.4. The summed E-state index contributed by atoms with van der Waals surface area (Å²) in [6, 6.07) is 40.8. The third-order valence-electron chi connectivity index (χ3n) is 25.8. The van der Waals surface area contributed by atoms with Crippen LogP contribution in [0.25, 0.3) is 55.0 Å². The number of aromatic nitrogens is 8. The van der Waals surface area contributed by atoms with Crippen LogP contribution in [0.5, 0.6) is 17.2 Å². The van der Waals surface area contributed by atoms with Crippen LogP contribution in [-0.4, -0.2) is 167 Å². The molecule has 142 heavy (non-hydrogen) atoms. The first-order chi connectivity index (χ1) is 67.8. The summed E-state index contributed by atoms with van der Waals surface area (Å²) in [6.45, 7) is 15.9. The van der Waals surface area contributed by atoms with E-state index in [1.807, 2.05) is 159 Å². The third-order valence-corrected chi connectivity index (χ3v) is 31.6. The summed E-state index contributed by atoms with van der Waals surface area (Å²) < 4.78 is 108. The van der Waals surface area contributed by atoms with Crippen molar-refractivity contribution in [2.45, 2.75) is 178 Å². The minimum Gasteiger partial charge on any atom is -0.494 e. The van der Waals surface area contributed by atoms with E-state index in [9.17, 15) is 64.2 Å². The Hall–Kier alpha value is -12.0. The number of H-pyrrole nitrogens is 3. The van der Waals surface area contributed by atoms with Gasteiger partial charge >= 0.3 is 0 Å². The monoisotopic (exact) mass is 2070 g/mol. The molecule has 0 atom stereocenters. The molecular weight excluding hydrogens is 1960 g/mol. The van der Waals surface area contributed by atoms with Crippen molar-refractivity contribution in [2.75, 3.05) is 56.7 Å². The van der Waals surface area contributed by atoms with Crippen molar-refractivity contribution in [3.8, 4) is 39.5 Å². The maximum Gasteiger partial charge on any atom is 0.281 e. The number of carbonyl (C=O) groups is 6. The molecule has 2 aliphatic rings. The first-order valence-corrected chi connectivity index (χ1v) is 54.0. The molecule has 0 unspecified atom stereocenters. The number of nitrogens with zero attached hydrogens (tertiary/aromatic N) is 5. The average molecular weight is 2080 g/mol. The lowest BCUT2D eigenvalue weighted by Crippen LogP contribution is -2.39. The molecule has 756 valence electrons. The fourth-order valence-corrected chi connectivity index (χ4v) is 21.6. The van der Waals surface area contributed by atoms with Gasteiger partial charge in [0.2, 0.25) is 41.9 Å². The number of amides is 6. The van der Waals surface area contributed by atoms with Gasteiger partial charge < -0.3 is 59.9 Å². The summed E-state index contributed by atoms with van der Waals surface area (Å²) in [5.74, 6) is -2.52. The number of fused-ring (bicyclic) bond motifs is 3. The smallest absolute Gasteiger partial charge is 0.281 e. The zero-order valence-electron chi connectivity index (χ0n) is 81.2. The van der Waals surface area contributed by atoms with Crippen LogP contribution in [0, 0.1) is 67.2 Å². The minimum absolute atomic E-state index is 0.0652. The quantitative estimate of drug-likeness (QED) is 0.0159. The van der Waals surface area contributed by atoms with Crippen LogP contribution >= 0.6 is 46.4 Å². The van der Waals surface area contributed by atoms with E-state index in [2.05, 4.69) is 55.3 Å². The van der Waals surface area contributed by atoms with Crippen LogP contribution in [-0.2, 0) is 92.8 Å². The van der Waals surface area contributed by atoms with E-state index >= 15 is 0 Å². The van der Waals surface area contributed by atoms with Gasteiger partial charge in [-0.25, -0.2) is 39.4 Å². The number of ether oxygens (including phenoxy) is 3. The van der Waals surface area contributed by atoms with Crippen molar-refractivity contribution in [2.24, 2.45) is 25.9 Å². The molecule has 0 aliphatic heterocycles. The van der Waals surface area contributed by atoms with Crippen molar-refractivity contribution in [3.63, 3.8) is 0 Å². The molecule has 2 aliphatic carbocycles.